The van der Waals surface area contributed by atoms with Crippen molar-refractivity contribution in [2.75, 3.05) is 39.6 Å². The Balaban J connectivity index is 5.23. The van der Waals surface area contributed by atoms with Gasteiger partial charge in [-0.25, -0.2) is 9.13 Å². The van der Waals surface area contributed by atoms with Gasteiger partial charge in [-0.15, -0.1) is 0 Å². The third kappa shape index (κ3) is 57.2. The van der Waals surface area contributed by atoms with E-state index in [-0.39, 0.29) is 25.7 Å². The maximum Gasteiger partial charge on any atom is 0.472 e. The molecule has 0 aliphatic rings. The molecule has 486 valence electrons. The SMILES string of the molecule is CCCCCCCCCCCCCCC(=O)O[C@H](COC(=O)CCCCCCCCCCC(C)C)COP(=O)(O)OC[C@@H](O)COP(=O)(O)OC[C@@H](COC(=O)CCCCCCCCCC)OC(=O)CCCCCCCCCCC(C)C. The number of hydrogen-bond donors (Lipinski definition) is 3. The molecule has 0 amide bonds. The van der Waals surface area contributed by atoms with Gasteiger partial charge in [0.2, 0.25) is 0 Å². The summed E-state index contributed by atoms with van der Waals surface area (Å²) in [5, 5.41) is 10.5. The molecule has 82 heavy (non-hydrogen) atoms. The molecule has 0 aliphatic heterocycles. The summed E-state index contributed by atoms with van der Waals surface area (Å²) < 4.78 is 67.9. The molecular formula is C63H122O17P2. The van der Waals surface area contributed by atoms with E-state index >= 15 is 0 Å². The molecule has 0 saturated heterocycles. The minimum atomic E-state index is -4.94. The fourth-order valence-electron chi connectivity index (χ4n) is 9.35. The van der Waals surface area contributed by atoms with Crippen LogP contribution in [0.3, 0.4) is 0 Å². The fraction of sp³-hybridized carbons (Fsp3) is 0.937. The van der Waals surface area contributed by atoms with Gasteiger partial charge in [0.1, 0.15) is 19.3 Å². The highest BCUT2D eigenvalue weighted by Gasteiger charge is 2.30. The van der Waals surface area contributed by atoms with Crippen LogP contribution in [0.15, 0.2) is 0 Å². The number of carbonyl (C=O) groups is 4. The molecule has 0 heterocycles. The standard InChI is InChI=1S/C63H122O17P2/c1-7-9-11-13-15-17-18-19-20-29-35-41-47-62(67)79-59(52-74-61(66)46-40-34-28-23-21-25-31-37-43-55(3)4)54-78-82(71,72)76-50-57(64)49-75-81(69,70)77-53-58(51-73-60(65)45-39-33-27-16-14-12-10-8-2)80-63(68)48-42-36-30-24-22-26-32-38-44-56(5)6/h55-59,64H,7-54H2,1-6H3,(H,69,70)(H,71,72)/t57-,58+,59+/m0/s1. The third-order valence-corrected chi connectivity index (χ3v) is 16.4. The van der Waals surface area contributed by atoms with E-state index in [1.807, 2.05) is 0 Å². The maximum absolute atomic E-state index is 13.0. The third-order valence-electron chi connectivity index (χ3n) is 14.5. The lowest BCUT2D eigenvalue weighted by atomic mass is 10.0. The topological polar surface area (TPSA) is 237 Å². The van der Waals surface area contributed by atoms with Gasteiger partial charge < -0.3 is 33.8 Å². The zero-order valence-electron chi connectivity index (χ0n) is 52.8. The molecule has 0 saturated carbocycles. The summed E-state index contributed by atoms with van der Waals surface area (Å²) in [4.78, 5) is 72.1. The highest BCUT2D eigenvalue weighted by Crippen LogP contribution is 2.45. The number of phosphoric ester groups is 2. The van der Waals surface area contributed by atoms with E-state index in [0.29, 0.717) is 25.7 Å². The Morgan fingerprint density at radius 2 is 0.561 bits per heavy atom. The Bertz CT molecular complexity index is 1620. The number of esters is 4. The highest BCUT2D eigenvalue weighted by molar-refractivity contribution is 7.47. The smallest absolute Gasteiger partial charge is 0.462 e. The maximum atomic E-state index is 13.0. The fourth-order valence-corrected chi connectivity index (χ4v) is 10.9. The van der Waals surface area contributed by atoms with Crippen LogP contribution in [-0.2, 0) is 65.4 Å². The summed E-state index contributed by atoms with van der Waals surface area (Å²) in [6.45, 7) is 9.39. The number of carbonyl (C=O) groups excluding carboxylic acids is 4. The molecule has 19 heteroatoms. The van der Waals surface area contributed by atoms with E-state index in [0.717, 1.165) is 108 Å². The van der Waals surface area contributed by atoms with E-state index in [2.05, 4.69) is 41.5 Å². The van der Waals surface area contributed by atoms with Gasteiger partial charge in [0.25, 0.3) is 0 Å². The van der Waals surface area contributed by atoms with Crippen molar-refractivity contribution in [1.82, 2.24) is 0 Å². The molecule has 0 spiro atoms. The molecule has 5 atom stereocenters. The summed E-state index contributed by atoms with van der Waals surface area (Å²) in [5.74, 6) is -0.693. The van der Waals surface area contributed by atoms with Gasteiger partial charge in [-0.2, -0.15) is 0 Å². The minimum absolute atomic E-state index is 0.104. The molecule has 0 aliphatic carbocycles. The summed E-state index contributed by atoms with van der Waals surface area (Å²) >= 11 is 0. The van der Waals surface area contributed by atoms with Gasteiger partial charge in [0, 0.05) is 25.7 Å². The van der Waals surface area contributed by atoms with E-state index in [9.17, 15) is 43.2 Å². The lowest BCUT2D eigenvalue weighted by Crippen LogP contribution is -2.30. The predicted octanol–water partition coefficient (Wildman–Crippen LogP) is 17.3. The summed E-state index contributed by atoms with van der Waals surface area (Å²) in [6, 6.07) is 0. The first-order chi connectivity index (χ1) is 39.4. The van der Waals surface area contributed by atoms with Crippen LogP contribution >= 0.6 is 15.6 Å². The van der Waals surface area contributed by atoms with Gasteiger partial charge in [0.05, 0.1) is 26.4 Å². The first kappa shape index (κ1) is 80.1. The Kier molecular flexibility index (Phi) is 54.3. The summed E-state index contributed by atoms with van der Waals surface area (Å²) in [7, 11) is -9.88. The molecule has 0 radical (unpaired) electrons. The first-order valence-corrected chi connectivity index (χ1v) is 36.0. The average Bonchev–Trinajstić information content (AvgIpc) is 3.43. The van der Waals surface area contributed by atoms with Crippen LogP contribution in [0.25, 0.3) is 0 Å². The van der Waals surface area contributed by atoms with Crippen LogP contribution in [-0.4, -0.2) is 96.7 Å². The Morgan fingerprint density at radius 1 is 0.329 bits per heavy atom. The number of phosphoric acid groups is 2. The molecule has 2 unspecified atom stereocenters. The van der Waals surface area contributed by atoms with E-state index < -0.39 is 97.5 Å². The molecule has 3 N–H and O–H groups in total. The van der Waals surface area contributed by atoms with Gasteiger partial charge in [-0.05, 0) is 37.5 Å². The van der Waals surface area contributed by atoms with E-state index in [4.69, 9.17) is 37.0 Å². The van der Waals surface area contributed by atoms with Crippen LogP contribution < -0.4 is 0 Å². The van der Waals surface area contributed by atoms with Crippen molar-refractivity contribution in [3.63, 3.8) is 0 Å². The number of aliphatic hydroxyl groups is 1. The van der Waals surface area contributed by atoms with Crippen molar-refractivity contribution >= 4 is 39.5 Å². The summed E-state index contributed by atoms with van der Waals surface area (Å²) in [6.07, 6.45) is 37.6. The van der Waals surface area contributed by atoms with Crippen molar-refractivity contribution in [3.8, 4) is 0 Å². The molecule has 0 aromatic rings. The minimum Gasteiger partial charge on any atom is -0.462 e. The average molecular weight is 1210 g/mol. The molecule has 0 aromatic carbocycles. The van der Waals surface area contributed by atoms with Crippen molar-refractivity contribution in [1.29, 1.82) is 0 Å². The van der Waals surface area contributed by atoms with Gasteiger partial charge in [-0.1, -0.05) is 260 Å². The molecule has 0 bridgehead atoms. The molecule has 0 aromatic heterocycles. The van der Waals surface area contributed by atoms with Gasteiger partial charge in [0.15, 0.2) is 12.2 Å². The highest BCUT2D eigenvalue weighted by atomic mass is 31.2. The lowest BCUT2D eigenvalue weighted by molar-refractivity contribution is -0.161. The monoisotopic (exact) mass is 1210 g/mol. The number of hydrogen-bond acceptors (Lipinski definition) is 15. The van der Waals surface area contributed by atoms with Crippen LogP contribution in [0.4, 0.5) is 0 Å². The number of rotatable bonds is 62. The Hall–Kier alpha value is -1.94. The van der Waals surface area contributed by atoms with Crippen molar-refractivity contribution < 1.29 is 80.2 Å². The van der Waals surface area contributed by atoms with Crippen molar-refractivity contribution in [3.05, 3.63) is 0 Å². The number of ether oxygens (including phenoxy) is 4. The molecule has 0 rings (SSSR count). The van der Waals surface area contributed by atoms with Crippen LogP contribution in [0.2, 0.25) is 0 Å². The van der Waals surface area contributed by atoms with Crippen molar-refractivity contribution in [2.24, 2.45) is 11.8 Å². The normalized spacial score (nSPS) is 14.3. The second-order valence-electron chi connectivity index (χ2n) is 23.7. The Morgan fingerprint density at radius 3 is 0.829 bits per heavy atom. The summed E-state index contributed by atoms with van der Waals surface area (Å²) in [5.41, 5.74) is 0. The molecule has 0 fully saturated rings. The van der Waals surface area contributed by atoms with Crippen LogP contribution in [0.1, 0.15) is 311 Å². The zero-order valence-corrected chi connectivity index (χ0v) is 54.6. The zero-order chi connectivity index (χ0) is 60.8. The van der Waals surface area contributed by atoms with Crippen molar-refractivity contribution in [2.45, 2.75) is 330 Å². The second-order valence-corrected chi connectivity index (χ2v) is 26.7. The van der Waals surface area contributed by atoms with Gasteiger partial charge in [-0.3, -0.25) is 37.3 Å². The van der Waals surface area contributed by atoms with Crippen LogP contribution in [0.5, 0.6) is 0 Å². The van der Waals surface area contributed by atoms with E-state index in [1.54, 1.807) is 0 Å². The first-order valence-electron chi connectivity index (χ1n) is 33.0. The van der Waals surface area contributed by atoms with Gasteiger partial charge >= 0.3 is 39.5 Å². The quantitative estimate of drug-likeness (QED) is 0.0222. The van der Waals surface area contributed by atoms with E-state index in [1.165, 1.54) is 122 Å². The molecule has 17 nitrogen and oxygen atoms in total. The number of unbranched alkanes of at least 4 members (excludes halogenated alkanes) is 32. The number of aliphatic hydroxyl groups excluding tert-OH is 1. The molecular weight excluding hydrogens is 1090 g/mol. The Labute approximate surface area is 498 Å². The van der Waals surface area contributed by atoms with Crippen LogP contribution in [0, 0.1) is 11.8 Å². The predicted molar refractivity (Wildman–Crippen MR) is 326 cm³/mol. The lowest BCUT2D eigenvalue weighted by Gasteiger charge is -2.21. The largest absolute Gasteiger partial charge is 0.472 e. The second kappa shape index (κ2) is 55.6.